The summed E-state index contributed by atoms with van der Waals surface area (Å²) in [6.45, 7) is 1.41. The lowest BCUT2D eigenvalue weighted by molar-refractivity contribution is -0.140. The molecule has 0 saturated carbocycles. The molecule has 0 radical (unpaired) electrons. The number of sulfonamides is 1. The fourth-order valence-electron chi connectivity index (χ4n) is 5.15. The van der Waals surface area contributed by atoms with E-state index in [2.05, 4.69) is 5.32 Å². The van der Waals surface area contributed by atoms with E-state index in [9.17, 15) is 22.4 Å². The number of methoxy groups -OCH3 is 2. The van der Waals surface area contributed by atoms with E-state index in [-0.39, 0.29) is 39.3 Å². The highest BCUT2D eigenvalue weighted by molar-refractivity contribution is 7.92. The molecule has 0 spiro atoms. The van der Waals surface area contributed by atoms with Gasteiger partial charge < -0.3 is 19.7 Å². The van der Waals surface area contributed by atoms with Gasteiger partial charge in [0.25, 0.3) is 10.0 Å². The number of benzene rings is 4. The zero-order chi connectivity index (χ0) is 35.6. The lowest BCUT2D eigenvalue weighted by Gasteiger charge is -2.34. The Balaban J connectivity index is 1.84. The van der Waals surface area contributed by atoms with Crippen molar-refractivity contribution in [3.8, 4) is 11.5 Å². The zero-order valence-electron chi connectivity index (χ0n) is 27.4. The molecule has 0 aliphatic rings. The average molecular weight is 731 g/mol. The normalized spacial score (nSPS) is 11.8. The Morgan fingerprint density at radius 1 is 0.878 bits per heavy atom. The molecule has 2 amide bonds. The average Bonchev–Trinajstić information content (AvgIpc) is 3.10. The minimum absolute atomic E-state index is 0.0206. The first kappa shape index (κ1) is 37.5. The molecule has 0 saturated heterocycles. The largest absolute Gasteiger partial charge is 0.493 e. The number of unbranched alkanes of at least 4 members (excludes halogenated alkanes) is 1. The Kier molecular flexibility index (Phi) is 13.3. The minimum Gasteiger partial charge on any atom is -0.493 e. The van der Waals surface area contributed by atoms with E-state index in [1.165, 1.54) is 49.5 Å². The predicted molar refractivity (Wildman–Crippen MR) is 189 cm³/mol. The summed E-state index contributed by atoms with van der Waals surface area (Å²) in [5, 5.41) is 3.46. The van der Waals surface area contributed by atoms with Crippen molar-refractivity contribution in [2.45, 2.75) is 43.7 Å². The topological polar surface area (TPSA) is 105 Å². The highest BCUT2D eigenvalue weighted by Crippen LogP contribution is 2.33. The van der Waals surface area contributed by atoms with E-state index in [0.717, 1.165) is 34.8 Å². The monoisotopic (exact) mass is 729 g/mol. The van der Waals surface area contributed by atoms with Crippen LogP contribution in [0.25, 0.3) is 0 Å². The molecule has 4 aromatic carbocycles. The molecule has 0 unspecified atom stereocenters. The van der Waals surface area contributed by atoms with Crippen molar-refractivity contribution in [1.82, 2.24) is 10.2 Å². The number of hydrogen-bond donors (Lipinski definition) is 1. The summed E-state index contributed by atoms with van der Waals surface area (Å²) in [5.41, 5.74) is 1.18. The highest BCUT2D eigenvalue weighted by Gasteiger charge is 2.35. The lowest BCUT2D eigenvalue weighted by atomic mass is 10.0. The predicted octanol–water partition coefficient (Wildman–Crippen LogP) is 6.90. The van der Waals surface area contributed by atoms with Gasteiger partial charge >= 0.3 is 0 Å². The number of rotatable bonds is 16. The fraction of sp³-hybridized carbons (Fsp3) is 0.278. The van der Waals surface area contributed by atoms with E-state index in [1.807, 2.05) is 37.3 Å². The van der Waals surface area contributed by atoms with Crippen LogP contribution in [-0.2, 0) is 32.6 Å². The number of carbonyl (C=O) groups is 2. The van der Waals surface area contributed by atoms with Crippen LogP contribution in [0, 0.1) is 5.82 Å². The van der Waals surface area contributed by atoms with Gasteiger partial charge in [-0.1, -0.05) is 72.9 Å². The maximum absolute atomic E-state index is 14.6. The molecule has 0 fully saturated rings. The zero-order valence-corrected chi connectivity index (χ0v) is 29.7. The van der Waals surface area contributed by atoms with Gasteiger partial charge in [-0.25, -0.2) is 12.8 Å². The Labute approximate surface area is 296 Å². The van der Waals surface area contributed by atoms with Crippen LogP contribution in [0.15, 0.2) is 95.9 Å². The summed E-state index contributed by atoms with van der Waals surface area (Å²) in [7, 11) is -1.71. The number of nitrogens with one attached hydrogen (secondary N) is 1. The number of hydrogen-bond acceptors (Lipinski definition) is 6. The van der Waals surface area contributed by atoms with Gasteiger partial charge in [-0.3, -0.25) is 13.9 Å². The van der Waals surface area contributed by atoms with Gasteiger partial charge in [0.05, 0.1) is 24.8 Å². The van der Waals surface area contributed by atoms with E-state index in [4.69, 9.17) is 32.7 Å². The van der Waals surface area contributed by atoms with Crippen LogP contribution in [0.1, 0.15) is 30.9 Å². The molecule has 0 heterocycles. The number of ether oxygens (including phenoxy) is 2. The number of halogens is 3. The molecule has 0 aromatic heterocycles. The third kappa shape index (κ3) is 9.44. The fourth-order valence-corrected chi connectivity index (χ4v) is 7.10. The molecule has 0 aliphatic heterocycles. The van der Waals surface area contributed by atoms with Crippen molar-refractivity contribution < 1.29 is 31.9 Å². The number of anilines is 1. The van der Waals surface area contributed by atoms with Crippen molar-refractivity contribution in [3.63, 3.8) is 0 Å². The number of amides is 2. The summed E-state index contributed by atoms with van der Waals surface area (Å²) in [6.07, 6.45) is 1.67. The first-order valence-electron chi connectivity index (χ1n) is 15.5. The molecule has 1 N–H and O–H groups in total. The van der Waals surface area contributed by atoms with Crippen molar-refractivity contribution in [2.75, 3.05) is 31.6 Å². The molecule has 4 rings (SSSR count). The van der Waals surface area contributed by atoms with Crippen molar-refractivity contribution in [3.05, 3.63) is 118 Å². The van der Waals surface area contributed by atoms with Crippen molar-refractivity contribution in [1.29, 1.82) is 0 Å². The van der Waals surface area contributed by atoms with Gasteiger partial charge in [-0.2, -0.15) is 0 Å². The van der Waals surface area contributed by atoms with Crippen molar-refractivity contribution >= 4 is 50.7 Å². The Hall–Kier alpha value is -4.32. The van der Waals surface area contributed by atoms with Crippen LogP contribution in [0.2, 0.25) is 10.0 Å². The second-order valence-electron chi connectivity index (χ2n) is 11.1. The van der Waals surface area contributed by atoms with E-state index >= 15 is 0 Å². The molecule has 13 heteroatoms. The molecule has 0 bridgehead atoms. The van der Waals surface area contributed by atoms with Crippen LogP contribution in [0.5, 0.6) is 11.5 Å². The summed E-state index contributed by atoms with van der Waals surface area (Å²) < 4.78 is 54.2. The smallest absolute Gasteiger partial charge is 0.264 e. The molecule has 1 atom stereocenters. The minimum atomic E-state index is -4.49. The molecule has 0 aliphatic carbocycles. The van der Waals surface area contributed by atoms with E-state index < -0.39 is 40.2 Å². The molecule has 4 aromatic rings. The first-order chi connectivity index (χ1) is 23.5. The second-order valence-corrected chi connectivity index (χ2v) is 13.8. The van der Waals surface area contributed by atoms with Gasteiger partial charge in [-0.05, 0) is 60.5 Å². The maximum atomic E-state index is 14.6. The second kappa shape index (κ2) is 17.4. The van der Waals surface area contributed by atoms with Gasteiger partial charge in [-0.15, -0.1) is 0 Å². The number of nitrogens with zero attached hydrogens (tertiary/aromatic N) is 2. The van der Waals surface area contributed by atoms with E-state index in [0.29, 0.717) is 17.9 Å². The molecule has 49 heavy (non-hydrogen) atoms. The molecule has 260 valence electrons. The molecule has 9 nitrogen and oxygen atoms in total. The van der Waals surface area contributed by atoms with E-state index in [1.54, 1.807) is 18.2 Å². The maximum Gasteiger partial charge on any atom is 0.264 e. The standard InChI is InChI=1S/C36H38Cl2FN3O6S/c1-4-5-20-40-36(44)32(21-25-10-7-6-8-11-25)41(23-29-30(37)12-9-13-31(29)38)35(43)24-42(27-16-14-26(39)15-17-27)49(45,46)28-18-19-33(47-2)34(22-28)48-3/h6-19,22,32H,4-5,20-21,23-24H2,1-3H3,(H,40,44)/t32-/m0/s1. The van der Waals surface area contributed by atoms with Crippen LogP contribution in [0.4, 0.5) is 10.1 Å². The van der Waals surface area contributed by atoms with Gasteiger partial charge in [0, 0.05) is 41.2 Å². The van der Waals surface area contributed by atoms with Crippen molar-refractivity contribution in [2.24, 2.45) is 0 Å². The third-order valence-electron chi connectivity index (χ3n) is 7.83. The summed E-state index contributed by atoms with van der Waals surface area (Å²) in [4.78, 5) is 29.6. The third-order valence-corrected chi connectivity index (χ3v) is 10.3. The van der Waals surface area contributed by atoms with Crippen LogP contribution in [-0.4, -0.2) is 58.5 Å². The van der Waals surface area contributed by atoms with Gasteiger partial charge in [0.15, 0.2) is 11.5 Å². The summed E-state index contributed by atoms with van der Waals surface area (Å²) in [6, 6.07) is 21.7. The van der Waals surface area contributed by atoms with Crippen LogP contribution in [0.3, 0.4) is 0 Å². The summed E-state index contributed by atoms with van der Waals surface area (Å²) in [5.74, 6) is -1.30. The number of carbonyl (C=O) groups excluding carboxylic acids is 2. The quantitative estimate of drug-likeness (QED) is 0.126. The Morgan fingerprint density at radius 3 is 2.14 bits per heavy atom. The first-order valence-corrected chi connectivity index (χ1v) is 17.7. The summed E-state index contributed by atoms with van der Waals surface area (Å²) >= 11 is 13.1. The van der Waals surface area contributed by atoms with Crippen LogP contribution >= 0.6 is 23.2 Å². The Morgan fingerprint density at radius 2 is 1.53 bits per heavy atom. The molecular weight excluding hydrogens is 692 g/mol. The highest BCUT2D eigenvalue weighted by atomic mass is 35.5. The SMILES string of the molecule is CCCCNC(=O)[C@H](Cc1ccccc1)N(Cc1c(Cl)cccc1Cl)C(=O)CN(c1ccc(F)cc1)S(=O)(=O)c1ccc(OC)c(OC)c1. The van der Waals surface area contributed by atoms with Gasteiger partial charge in [0.1, 0.15) is 18.4 Å². The lowest BCUT2D eigenvalue weighted by Crippen LogP contribution is -2.53. The van der Waals surface area contributed by atoms with Crippen LogP contribution < -0.4 is 19.1 Å². The van der Waals surface area contributed by atoms with Gasteiger partial charge in [0.2, 0.25) is 11.8 Å². The Bertz CT molecular complexity index is 1830. The molecular formula is C36H38Cl2FN3O6S.